The molecule has 1 saturated heterocycles. The Balaban J connectivity index is 1.04. The maximum atomic E-state index is 6.24. The average molecular weight is 516 g/mol. The lowest BCUT2D eigenvalue weighted by atomic mass is 9.93. The first-order valence-corrected chi connectivity index (χ1v) is 14.2. The van der Waals surface area contributed by atoms with Crippen molar-refractivity contribution in [2.24, 2.45) is 11.8 Å². The van der Waals surface area contributed by atoms with Crippen LogP contribution in [0.3, 0.4) is 0 Å². The Morgan fingerprint density at radius 2 is 1.89 bits per heavy atom. The number of benzene rings is 1. The number of aromatic nitrogens is 5. The number of nitrogens with one attached hydrogen (secondary N) is 1. The topological polar surface area (TPSA) is 101 Å². The molecular formula is C27H33N9S. The molecule has 3 N–H and O–H groups in total. The van der Waals surface area contributed by atoms with Crippen LogP contribution in [-0.4, -0.2) is 61.9 Å². The number of nitrogens with zero attached hydrogens (tertiary/aromatic N) is 7. The monoisotopic (exact) mass is 515 g/mol. The normalized spacial score (nSPS) is 23.8. The van der Waals surface area contributed by atoms with Crippen LogP contribution >= 0.6 is 11.3 Å². The van der Waals surface area contributed by atoms with Crippen molar-refractivity contribution in [2.75, 3.05) is 42.1 Å². The van der Waals surface area contributed by atoms with Gasteiger partial charge in [0, 0.05) is 43.6 Å². The van der Waals surface area contributed by atoms with E-state index in [1.165, 1.54) is 50.0 Å². The van der Waals surface area contributed by atoms with Gasteiger partial charge in [-0.2, -0.15) is 9.67 Å². The van der Waals surface area contributed by atoms with Crippen LogP contribution < -0.4 is 16.0 Å². The second-order valence-electron chi connectivity index (χ2n) is 10.9. The predicted octanol–water partition coefficient (Wildman–Crippen LogP) is 4.53. The smallest absolute Gasteiger partial charge is 0.248 e. The van der Waals surface area contributed by atoms with Gasteiger partial charge in [-0.1, -0.05) is 6.42 Å². The number of hydrogen-bond donors (Lipinski definition) is 2. The molecule has 7 rings (SSSR count). The van der Waals surface area contributed by atoms with E-state index in [0.717, 1.165) is 52.4 Å². The lowest BCUT2D eigenvalue weighted by Gasteiger charge is -2.42. The molecule has 1 aliphatic heterocycles. The third kappa shape index (κ3) is 4.02. The summed E-state index contributed by atoms with van der Waals surface area (Å²) >= 11 is 1.59. The van der Waals surface area contributed by atoms with Crippen molar-refractivity contribution in [1.82, 2.24) is 29.6 Å². The van der Waals surface area contributed by atoms with E-state index in [1.807, 2.05) is 6.92 Å². The minimum absolute atomic E-state index is 0.287. The van der Waals surface area contributed by atoms with Gasteiger partial charge in [0.2, 0.25) is 11.9 Å². The van der Waals surface area contributed by atoms with E-state index in [4.69, 9.17) is 5.73 Å². The number of hydrogen-bond acceptors (Lipinski definition) is 9. The maximum absolute atomic E-state index is 6.24. The van der Waals surface area contributed by atoms with Crippen molar-refractivity contribution in [2.45, 2.75) is 45.6 Å². The van der Waals surface area contributed by atoms with Gasteiger partial charge in [-0.15, -0.1) is 16.4 Å². The average Bonchev–Trinajstić information content (AvgIpc) is 3.69. The summed E-state index contributed by atoms with van der Waals surface area (Å²) in [6.45, 7) is 8.76. The zero-order valence-electron chi connectivity index (χ0n) is 21.4. The molecule has 2 bridgehead atoms. The number of piperazine rings is 1. The molecule has 192 valence electrons. The maximum Gasteiger partial charge on any atom is 0.248 e. The molecule has 3 fully saturated rings. The lowest BCUT2D eigenvalue weighted by Crippen LogP contribution is -2.51. The third-order valence-electron chi connectivity index (χ3n) is 8.62. The Morgan fingerprint density at radius 3 is 2.65 bits per heavy atom. The first-order valence-electron chi connectivity index (χ1n) is 13.3. The Labute approximate surface area is 220 Å². The van der Waals surface area contributed by atoms with Gasteiger partial charge < -0.3 is 16.0 Å². The highest BCUT2D eigenvalue weighted by Crippen LogP contribution is 2.46. The van der Waals surface area contributed by atoms with E-state index in [2.05, 4.69) is 65.7 Å². The lowest BCUT2D eigenvalue weighted by molar-refractivity contribution is 0.135. The van der Waals surface area contributed by atoms with E-state index in [9.17, 15) is 0 Å². The zero-order valence-corrected chi connectivity index (χ0v) is 22.2. The highest BCUT2D eigenvalue weighted by Gasteiger charge is 2.42. The third-order valence-corrected chi connectivity index (χ3v) is 9.71. The molecule has 37 heavy (non-hydrogen) atoms. The summed E-state index contributed by atoms with van der Waals surface area (Å²) in [7, 11) is 0. The van der Waals surface area contributed by atoms with Crippen LogP contribution in [0.4, 0.5) is 23.3 Å². The standard InChI is InChI=1S/C27H33N9S/c1-16-11-20(5-6-21(16)34-7-9-35(10-8-34)22-13-18-3-4-19(22)12-18)31-27-32-26(28)36(33-27)25-24-23(29-15-30-25)17(2)14-37-24/h5-6,11,14-15,18-19,22H,3-4,7-10,12-13H2,1-2H3,(H3,28,31,32,33). The summed E-state index contributed by atoms with van der Waals surface area (Å²) in [5, 5.41) is 10.0. The summed E-state index contributed by atoms with van der Waals surface area (Å²) < 4.78 is 2.53. The van der Waals surface area contributed by atoms with Crippen LogP contribution in [0, 0.1) is 25.7 Å². The largest absolute Gasteiger partial charge is 0.369 e. The molecule has 0 spiro atoms. The number of thiophene rings is 1. The molecule has 1 aromatic carbocycles. The van der Waals surface area contributed by atoms with Crippen molar-refractivity contribution in [1.29, 1.82) is 0 Å². The molecule has 2 saturated carbocycles. The van der Waals surface area contributed by atoms with Gasteiger partial charge in [0.05, 0.1) is 10.2 Å². The molecular weight excluding hydrogens is 482 g/mol. The number of fused-ring (bicyclic) bond motifs is 3. The first kappa shape index (κ1) is 22.9. The van der Waals surface area contributed by atoms with Crippen molar-refractivity contribution >= 4 is 44.8 Å². The van der Waals surface area contributed by atoms with Crippen LogP contribution in [0.1, 0.15) is 36.8 Å². The number of nitrogen functional groups attached to an aromatic ring is 1. The molecule has 10 heteroatoms. The molecule has 4 heterocycles. The number of rotatable bonds is 5. The van der Waals surface area contributed by atoms with Gasteiger partial charge >= 0.3 is 0 Å². The van der Waals surface area contributed by atoms with Crippen molar-refractivity contribution in [3.8, 4) is 5.82 Å². The van der Waals surface area contributed by atoms with E-state index in [1.54, 1.807) is 22.3 Å². The molecule has 9 nitrogen and oxygen atoms in total. The van der Waals surface area contributed by atoms with Gasteiger partial charge in [-0.05, 0) is 79.7 Å². The van der Waals surface area contributed by atoms with E-state index in [-0.39, 0.29) is 5.95 Å². The summed E-state index contributed by atoms with van der Waals surface area (Å²) in [5.74, 6) is 3.36. The number of aryl methyl sites for hydroxylation is 2. The summed E-state index contributed by atoms with van der Waals surface area (Å²) in [4.78, 5) is 18.6. The summed E-state index contributed by atoms with van der Waals surface area (Å²) in [5.41, 5.74) is 11.8. The molecule has 0 radical (unpaired) electrons. The quantitative estimate of drug-likeness (QED) is 0.400. The molecule has 2 aliphatic carbocycles. The molecule has 3 aliphatic rings. The molecule has 3 unspecified atom stereocenters. The van der Waals surface area contributed by atoms with Gasteiger partial charge in [-0.25, -0.2) is 9.97 Å². The summed E-state index contributed by atoms with van der Waals surface area (Å²) in [6.07, 6.45) is 7.40. The van der Waals surface area contributed by atoms with Crippen molar-refractivity contribution in [3.63, 3.8) is 0 Å². The first-order chi connectivity index (χ1) is 18.0. The minimum atomic E-state index is 0.287. The van der Waals surface area contributed by atoms with Gasteiger partial charge in [0.1, 0.15) is 6.33 Å². The Bertz CT molecular complexity index is 1450. The Kier molecular flexibility index (Phi) is 5.54. The van der Waals surface area contributed by atoms with Gasteiger partial charge in [0.25, 0.3) is 0 Å². The van der Waals surface area contributed by atoms with Gasteiger partial charge in [-0.3, -0.25) is 4.90 Å². The molecule has 0 amide bonds. The van der Waals surface area contributed by atoms with Crippen molar-refractivity contribution in [3.05, 3.63) is 41.0 Å². The Hall–Kier alpha value is -3.24. The second-order valence-corrected chi connectivity index (χ2v) is 11.8. The molecule has 3 atom stereocenters. The second kappa shape index (κ2) is 8.95. The van der Waals surface area contributed by atoms with E-state index < -0.39 is 0 Å². The molecule has 3 aromatic heterocycles. The SMILES string of the molecule is Cc1cc(Nc2nc(N)n(-c3ncnc4c(C)csc34)n2)ccc1N1CCN(C2CC3CCC2C3)CC1. The fraction of sp³-hybridized carbons (Fsp3) is 0.481. The van der Waals surface area contributed by atoms with E-state index in [0.29, 0.717) is 11.8 Å². The van der Waals surface area contributed by atoms with Crippen molar-refractivity contribution < 1.29 is 0 Å². The molecule has 4 aromatic rings. The predicted molar refractivity (Wildman–Crippen MR) is 149 cm³/mol. The summed E-state index contributed by atoms with van der Waals surface area (Å²) in [6, 6.07) is 7.33. The fourth-order valence-electron chi connectivity index (χ4n) is 6.81. The Morgan fingerprint density at radius 1 is 1.03 bits per heavy atom. The minimum Gasteiger partial charge on any atom is -0.369 e. The number of anilines is 4. The highest BCUT2D eigenvalue weighted by molar-refractivity contribution is 7.17. The van der Waals surface area contributed by atoms with E-state index >= 15 is 0 Å². The fourth-order valence-corrected chi connectivity index (χ4v) is 7.79. The van der Waals surface area contributed by atoms with Crippen LogP contribution in [0.2, 0.25) is 0 Å². The van der Waals surface area contributed by atoms with Gasteiger partial charge in [0.15, 0.2) is 5.82 Å². The van der Waals surface area contributed by atoms with Crippen LogP contribution in [0.5, 0.6) is 0 Å². The highest BCUT2D eigenvalue weighted by atomic mass is 32.1. The number of nitrogens with two attached hydrogens (primary N) is 1. The zero-order chi connectivity index (χ0) is 25.1. The van der Waals surface area contributed by atoms with Crippen LogP contribution in [0.25, 0.3) is 16.0 Å². The van der Waals surface area contributed by atoms with Crippen LogP contribution in [0.15, 0.2) is 29.9 Å². The van der Waals surface area contributed by atoms with Crippen LogP contribution in [-0.2, 0) is 0 Å².